The van der Waals surface area contributed by atoms with E-state index in [2.05, 4.69) is 36.6 Å². The first-order valence-corrected chi connectivity index (χ1v) is 8.62. The zero-order valence-corrected chi connectivity index (χ0v) is 15.2. The molecule has 3 rings (SSSR count). The van der Waals surface area contributed by atoms with Gasteiger partial charge in [-0.1, -0.05) is 5.16 Å². The first-order chi connectivity index (χ1) is 12.6. The number of carbonyl (C=O) groups is 1. The van der Waals surface area contributed by atoms with E-state index < -0.39 is 5.82 Å². The summed E-state index contributed by atoms with van der Waals surface area (Å²) in [6.07, 6.45) is -0.0351. The topological polar surface area (TPSA) is 116 Å². The molecule has 11 heteroatoms. The monoisotopic (exact) mass is 426 g/mol. The maximum atomic E-state index is 13.3. The van der Waals surface area contributed by atoms with E-state index in [-0.39, 0.29) is 34.0 Å². The van der Waals surface area contributed by atoms with Gasteiger partial charge in [0, 0.05) is 26.2 Å². The Morgan fingerprint density at radius 3 is 2.88 bits per heavy atom. The van der Waals surface area contributed by atoms with Crippen LogP contribution in [0, 0.1) is 5.82 Å². The van der Waals surface area contributed by atoms with Crippen LogP contribution in [0.15, 0.2) is 32.3 Å². The van der Waals surface area contributed by atoms with E-state index in [0.29, 0.717) is 18.8 Å². The van der Waals surface area contributed by atoms with Crippen LogP contribution in [0.2, 0.25) is 0 Å². The molecule has 0 saturated carbocycles. The lowest BCUT2D eigenvalue weighted by Gasteiger charge is -2.27. The summed E-state index contributed by atoms with van der Waals surface area (Å²) in [5.41, 5.74) is 2.64. The van der Waals surface area contributed by atoms with Crippen molar-refractivity contribution in [2.45, 2.75) is 6.42 Å². The van der Waals surface area contributed by atoms with E-state index in [0.717, 1.165) is 13.1 Å². The Kier molecular flexibility index (Phi) is 5.91. The van der Waals surface area contributed by atoms with Gasteiger partial charge in [0.2, 0.25) is 5.91 Å². The second kappa shape index (κ2) is 8.34. The van der Waals surface area contributed by atoms with Gasteiger partial charge in [0.15, 0.2) is 11.5 Å². The molecule has 0 aliphatic carbocycles. The smallest absolute Gasteiger partial charge is 0.228 e. The first-order valence-electron chi connectivity index (χ1n) is 7.82. The van der Waals surface area contributed by atoms with Gasteiger partial charge in [0.05, 0.1) is 16.6 Å². The van der Waals surface area contributed by atoms with Crippen molar-refractivity contribution in [1.82, 2.24) is 26.0 Å². The molecule has 1 amide bonds. The molecule has 1 aromatic heterocycles. The summed E-state index contributed by atoms with van der Waals surface area (Å²) >= 11 is 3.07. The van der Waals surface area contributed by atoms with E-state index in [9.17, 15) is 14.4 Å². The Hall–Kier alpha value is -2.37. The highest BCUT2D eigenvalue weighted by Crippen LogP contribution is 2.23. The summed E-state index contributed by atoms with van der Waals surface area (Å²) in [5, 5.41) is 20.0. The third kappa shape index (κ3) is 4.23. The van der Waals surface area contributed by atoms with Gasteiger partial charge in [-0.25, -0.2) is 14.0 Å². The number of aliphatic imine (C=N–C) groups is 1. The number of amidine groups is 1. The second-order valence-electron chi connectivity index (χ2n) is 5.54. The fourth-order valence-electron chi connectivity index (χ4n) is 2.49. The number of nitrogens with one attached hydrogen (secondary N) is 2. The molecule has 0 spiro atoms. The summed E-state index contributed by atoms with van der Waals surface area (Å²) in [4.78, 5) is 18.3. The molecule has 1 aliphatic heterocycles. The third-order valence-corrected chi connectivity index (χ3v) is 4.43. The maximum absolute atomic E-state index is 13.3. The van der Waals surface area contributed by atoms with E-state index in [1.54, 1.807) is 4.90 Å². The van der Waals surface area contributed by atoms with Crippen LogP contribution in [-0.2, 0) is 11.2 Å². The quantitative estimate of drug-likeness (QED) is 0.379. The minimum Gasteiger partial charge on any atom is -0.340 e. The van der Waals surface area contributed by atoms with Crippen molar-refractivity contribution >= 4 is 33.4 Å². The zero-order valence-electron chi connectivity index (χ0n) is 13.6. The van der Waals surface area contributed by atoms with Crippen molar-refractivity contribution in [2.75, 3.05) is 26.2 Å². The van der Waals surface area contributed by atoms with Crippen molar-refractivity contribution in [3.8, 4) is 0 Å². The Morgan fingerprint density at radius 1 is 1.42 bits per heavy atom. The van der Waals surface area contributed by atoms with E-state index in [1.165, 1.54) is 18.2 Å². The number of hydroxylamine groups is 1. The number of benzene rings is 1. The summed E-state index contributed by atoms with van der Waals surface area (Å²) in [7, 11) is 0. The molecule has 0 radical (unpaired) electrons. The third-order valence-electron chi connectivity index (χ3n) is 3.82. The van der Waals surface area contributed by atoms with Crippen LogP contribution in [0.4, 0.5) is 10.1 Å². The average molecular weight is 427 g/mol. The number of halogens is 2. The number of piperazine rings is 1. The van der Waals surface area contributed by atoms with Gasteiger partial charge in [0.25, 0.3) is 0 Å². The van der Waals surface area contributed by atoms with Crippen LogP contribution in [0.25, 0.3) is 0 Å². The van der Waals surface area contributed by atoms with Gasteiger partial charge in [-0.05, 0) is 39.3 Å². The van der Waals surface area contributed by atoms with Gasteiger partial charge in [-0.2, -0.15) is 0 Å². The molecule has 0 atom stereocenters. The van der Waals surface area contributed by atoms with Crippen LogP contribution < -0.4 is 10.8 Å². The molecule has 2 aromatic rings. The largest absolute Gasteiger partial charge is 0.340 e. The minimum absolute atomic E-state index is 0.0351. The number of hydrogen-bond donors (Lipinski definition) is 3. The molecule has 9 nitrogen and oxygen atoms in total. The second-order valence-corrected chi connectivity index (χ2v) is 6.39. The highest BCUT2D eigenvalue weighted by atomic mass is 79.9. The molecule has 1 fully saturated rings. The van der Waals surface area contributed by atoms with Crippen LogP contribution in [0.1, 0.15) is 11.4 Å². The van der Waals surface area contributed by atoms with Gasteiger partial charge >= 0.3 is 0 Å². The summed E-state index contributed by atoms with van der Waals surface area (Å²) < 4.78 is 18.3. The van der Waals surface area contributed by atoms with Crippen molar-refractivity contribution < 1.29 is 19.0 Å². The molecule has 0 bridgehead atoms. The van der Waals surface area contributed by atoms with Gasteiger partial charge in [-0.3, -0.25) is 15.5 Å². The number of hydrogen-bond acceptors (Lipinski definition) is 7. The molecular formula is C15H16BrFN6O3. The van der Waals surface area contributed by atoms with Crippen LogP contribution in [-0.4, -0.2) is 58.3 Å². The van der Waals surface area contributed by atoms with E-state index in [1.807, 2.05) is 5.48 Å². The van der Waals surface area contributed by atoms with Crippen molar-refractivity contribution in [3.05, 3.63) is 39.9 Å². The highest BCUT2D eigenvalue weighted by Gasteiger charge is 2.23. The molecule has 0 unspecified atom stereocenters. The number of aromatic nitrogens is 2. The number of rotatable bonds is 4. The Morgan fingerprint density at radius 2 is 2.19 bits per heavy atom. The SMILES string of the molecule is O=C(Cc1nonc1C(=Nc1ccc(F)c(Br)c1)NO)N1CCNCC1. The van der Waals surface area contributed by atoms with E-state index >= 15 is 0 Å². The van der Waals surface area contributed by atoms with E-state index in [4.69, 9.17) is 4.63 Å². The fraction of sp³-hybridized carbons (Fsp3) is 0.333. The molecular weight excluding hydrogens is 411 g/mol. The van der Waals surface area contributed by atoms with Crippen LogP contribution in [0.3, 0.4) is 0 Å². The Balaban J connectivity index is 1.81. The fourth-order valence-corrected chi connectivity index (χ4v) is 2.85. The molecule has 2 heterocycles. The first kappa shape index (κ1) is 18.4. The molecule has 138 valence electrons. The predicted molar refractivity (Wildman–Crippen MR) is 92.7 cm³/mol. The number of amides is 1. The van der Waals surface area contributed by atoms with Gasteiger partial charge < -0.3 is 10.2 Å². The zero-order chi connectivity index (χ0) is 18.5. The lowest BCUT2D eigenvalue weighted by atomic mass is 10.2. The van der Waals surface area contributed by atoms with Crippen molar-refractivity contribution in [1.29, 1.82) is 0 Å². The highest BCUT2D eigenvalue weighted by molar-refractivity contribution is 9.10. The standard InChI is InChI=1S/C15H16BrFN6O3/c16-10-7-9(1-2-11(10)17)19-15(20-25)14-12(21-26-22-14)8-13(24)23-5-3-18-4-6-23/h1-2,7,18,25H,3-6,8H2,(H,19,20). The maximum Gasteiger partial charge on any atom is 0.228 e. The minimum atomic E-state index is -0.437. The van der Waals surface area contributed by atoms with Gasteiger partial charge in [-0.15, -0.1) is 0 Å². The molecule has 1 aliphatic rings. The summed E-state index contributed by atoms with van der Waals surface area (Å²) in [6, 6.07) is 4.09. The molecule has 1 aromatic carbocycles. The van der Waals surface area contributed by atoms with Gasteiger partial charge in [0.1, 0.15) is 11.5 Å². The lowest BCUT2D eigenvalue weighted by molar-refractivity contribution is -0.131. The Bertz CT molecular complexity index is 821. The molecule has 1 saturated heterocycles. The normalized spacial score (nSPS) is 15.2. The van der Waals surface area contributed by atoms with Crippen molar-refractivity contribution in [2.24, 2.45) is 4.99 Å². The van der Waals surface area contributed by atoms with Crippen LogP contribution in [0.5, 0.6) is 0 Å². The lowest BCUT2D eigenvalue weighted by Crippen LogP contribution is -2.47. The summed E-state index contributed by atoms with van der Waals surface area (Å²) in [6.45, 7) is 2.70. The predicted octanol–water partition coefficient (Wildman–Crippen LogP) is 1.00. The number of nitrogens with zero attached hydrogens (tertiary/aromatic N) is 4. The Labute approximate surface area is 156 Å². The summed E-state index contributed by atoms with van der Waals surface area (Å²) in [5.74, 6) is -0.619. The number of carbonyl (C=O) groups excluding carboxylic acids is 1. The average Bonchev–Trinajstić information content (AvgIpc) is 3.11. The van der Waals surface area contributed by atoms with Crippen LogP contribution >= 0.6 is 15.9 Å². The molecule has 26 heavy (non-hydrogen) atoms. The van der Waals surface area contributed by atoms with Crippen molar-refractivity contribution in [3.63, 3.8) is 0 Å². The molecule has 3 N–H and O–H groups in total.